The molecule has 0 aliphatic carbocycles. The molecular formula is C6H5IN2. The number of hydrogen-bond acceptors (Lipinski definition) is 2. The summed E-state index contributed by atoms with van der Waals surface area (Å²) in [6, 6.07) is 0. The summed E-state index contributed by atoms with van der Waals surface area (Å²) in [5.74, 6) is 2.64. The quantitative estimate of drug-likeness (QED) is 0.570. The van der Waals surface area contributed by atoms with E-state index in [-0.39, 0.29) is 0 Å². The molecule has 0 aromatic rings. The van der Waals surface area contributed by atoms with Crippen LogP contribution in [0.5, 0.6) is 0 Å². The smallest absolute Gasteiger partial charge is 0.106 e. The SMILES string of the molecule is CC1=CN=C=CN=C1I. The minimum absolute atomic E-state index is 0.973. The first kappa shape index (κ1) is 6.71. The Balaban J connectivity index is 3.01. The molecule has 2 nitrogen and oxygen atoms in total. The van der Waals surface area contributed by atoms with Gasteiger partial charge in [-0.2, -0.15) is 0 Å². The van der Waals surface area contributed by atoms with Gasteiger partial charge in [-0.3, -0.25) is 0 Å². The van der Waals surface area contributed by atoms with Crippen LogP contribution in [0.3, 0.4) is 0 Å². The van der Waals surface area contributed by atoms with Gasteiger partial charge in [-0.1, -0.05) is 0 Å². The van der Waals surface area contributed by atoms with E-state index in [1.54, 1.807) is 12.4 Å². The number of rotatable bonds is 0. The molecule has 1 aliphatic rings. The summed E-state index contributed by atoms with van der Waals surface area (Å²) < 4.78 is 0.973. The molecule has 3 heteroatoms. The summed E-state index contributed by atoms with van der Waals surface area (Å²) >= 11 is 2.16. The van der Waals surface area contributed by atoms with E-state index in [4.69, 9.17) is 0 Å². The maximum atomic E-state index is 4.01. The fraction of sp³-hybridized carbons (Fsp3) is 0.167. The van der Waals surface area contributed by atoms with Crippen molar-refractivity contribution in [1.29, 1.82) is 0 Å². The predicted molar refractivity (Wildman–Crippen MR) is 47.2 cm³/mol. The highest BCUT2D eigenvalue weighted by atomic mass is 127. The van der Waals surface area contributed by atoms with Crippen molar-refractivity contribution in [3.8, 4) is 0 Å². The van der Waals surface area contributed by atoms with Gasteiger partial charge in [0.1, 0.15) is 3.72 Å². The van der Waals surface area contributed by atoms with Crippen LogP contribution in [-0.4, -0.2) is 9.59 Å². The Morgan fingerprint density at radius 3 is 3.22 bits per heavy atom. The maximum absolute atomic E-state index is 4.01. The Hall–Kier alpha value is -0.410. The molecule has 0 fully saturated rings. The first-order valence-electron chi connectivity index (χ1n) is 2.48. The van der Waals surface area contributed by atoms with Gasteiger partial charge in [-0.05, 0) is 35.1 Å². The van der Waals surface area contributed by atoms with E-state index < -0.39 is 0 Å². The molecule has 0 saturated heterocycles. The Bertz CT molecular complexity index is 209. The molecule has 1 rings (SSSR count). The van der Waals surface area contributed by atoms with E-state index in [0.717, 1.165) is 9.29 Å². The highest BCUT2D eigenvalue weighted by Crippen LogP contribution is 2.06. The highest BCUT2D eigenvalue weighted by molar-refractivity contribution is 14.1. The first-order chi connectivity index (χ1) is 4.30. The van der Waals surface area contributed by atoms with Gasteiger partial charge in [0.05, 0.1) is 6.20 Å². The second-order valence-electron chi connectivity index (χ2n) is 1.62. The molecule has 0 bridgehead atoms. The zero-order chi connectivity index (χ0) is 6.69. The van der Waals surface area contributed by atoms with Gasteiger partial charge >= 0.3 is 0 Å². The normalized spacial score (nSPS) is 16.7. The third-order valence-electron chi connectivity index (χ3n) is 0.894. The number of hydrogen-bond donors (Lipinski definition) is 0. The molecule has 0 N–H and O–H groups in total. The van der Waals surface area contributed by atoms with Crippen LogP contribution in [0.15, 0.2) is 28.0 Å². The molecule has 0 spiro atoms. The largest absolute Gasteiger partial charge is 0.240 e. The average molecular weight is 232 g/mol. The number of halogens is 1. The summed E-state index contributed by atoms with van der Waals surface area (Å²) in [5, 5.41) is 0. The third-order valence-corrected chi connectivity index (χ3v) is 2.02. The van der Waals surface area contributed by atoms with Crippen LogP contribution in [0.2, 0.25) is 0 Å². The van der Waals surface area contributed by atoms with Crippen molar-refractivity contribution in [1.82, 2.24) is 0 Å². The maximum Gasteiger partial charge on any atom is 0.106 e. The van der Waals surface area contributed by atoms with Gasteiger partial charge in [0.25, 0.3) is 0 Å². The Morgan fingerprint density at radius 1 is 1.67 bits per heavy atom. The molecule has 0 atom stereocenters. The first-order valence-corrected chi connectivity index (χ1v) is 3.56. The topological polar surface area (TPSA) is 24.7 Å². The Labute approximate surface area is 67.2 Å². The molecular weight excluding hydrogens is 227 g/mol. The summed E-state index contributed by atoms with van der Waals surface area (Å²) in [5.41, 5.74) is 1.08. The summed E-state index contributed by atoms with van der Waals surface area (Å²) in [7, 11) is 0. The van der Waals surface area contributed by atoms with Crippen LogP contribution in [0.25, 0.3) is 0 Å². The van der Waals surface area contributed by atoms with E-state index in [2.05, 4.69) is 38.4 Å². The van der Waals surface area contributed by atoms with Crippen molar-refractivity contribution in [2.75, 3.05) is 0 Å². The fourth-order valence-electron chi connectivity index (χ4n) is 0.408. The van der Waals surface area contributed by atoms with Crippen LogP contribution in [0, 0.1) is 0 Å². The number of allylic oxidation sites excluding steroid dienone is 1. The van der Waals surface area contributed by atoms with Crippen molar-refractivity contribution in [3.63, 3.8) is 0 Å². The van der Waals surface area contributed by atoms with Gasteiger partial charge in [0.2, 0.25) is 0 Å². The lowest BCUT2D eigenvalue weighted by molar-refractivity contribution is 1.50. The van der Waals surface area contributed by atoms with Crippen molar-refractivity contribution in [2.45, 2.75) is 6.92 Å². The van der Waals surface area contributed by atoms with E-state index in [1.807, 2.05) is 6.92 Å². The minimum Gasteiger partial charge on any atom is -0.240 e. The van der Waals surface area contributed by atoms with Gasteiger partial charge in [0.15, 0.2) is 0 Å². The Morgan fingerprint density at radius 2 is 2.44 bits per heavy atom. The van der Waals surface area contributed by atoms with Crippen molar-refractivity contribution in [3.05, 3.63) is 18.0 Å². The summed E-state index contributed by atoms with van der Waals surface area (Å²) in [4.78, 5) is 7.83. The Kier molecular flexibility index (Phi) is 2.19. The van der Waals surface area contributed by atoms with Crippen molar-refractivity contribution < 1.29 is 0 Å². The second-order valence-corrected chi connectivity index (χ2v) is 2.64. The monoisotopic (exact) mass is 232 g/mol. The number of nitrogens with zero attached hydrogens (tertiary/aromatic N) is 2. The van der Waals surface area contributed by atoms with Gasteiger partial charge in [0, 0.05) is 12.1 Å². The van der Waals surface area contributed by atoms with Gasteiger partial charge in [-0.15, -0.1) is 0 Å². The molecule has 1 heterocycles. The van der Waals surface area contributed by atoms with Crippen LogP contribution in [-0.2, 0) is 0 Å². The predicted octanol–water partition coefficient (Wildman–Crippen LogP) is 1.92. The molecule has 0 aromatic heterocycles. The molecule has 0 aromatic carbocycles. The fourth-order valence-corrected chi connectivity index (χ4v) is 0.687. The molecule has 1 aliphatic heterocycles. The molecule has 0 amide bonds. The van der Waals surface area contributed by atoms with E-state index in [1.165, 1.54) is 0 Å². The van der Waals surface area contributed by atoms with Gasteiger partial charge < -0.3 is 0 Å². The average Bonchev–Trinajstić information content (AvgIpc) is 1.99. The molecule has 0 saturated carbocycles. The van der Waals surface area contributed by atoms with Crippen LogP contribution in [0.1, 0.15) is 6.92 Å². The standard InChI is InChI=1S/C6H5IN2/c1-5-4-8-2-3-9-6(5)7/h3-4H,1H3. The lowest BCUT2D eigenvalue weighted by Crippen LogP contribution is -1.84. The highest BCUT2D eigenvalue weighted by Gasteiger charge is 1.94. The number of aliphatic imine (C=N–C) groups is 2. The lowest BCUT2D eigenvalue weighted by Gasteiger charge is -1.89. The lowest BCUT2D eigenvalue weighted by atomic mass is 10.4. The summed E-state index contributed by atoms with van der Waals surface area (Å²) in [6.45, 7) is 1.97. The van der Waals surface area contributed by atoms with Crippen molar-refractivity contribution in [2.24, 2.45) is 9.98 Å². The third kappa shape index (κ3) is 1.77. The summed E-state index contributed by atoms with van der Waals surface area (Å²) in [6.07, 6.45) is 3.31. The van der Waals surface area contributed by atoms with E-state index >= 15 is 0 Å². The molecule has 46 valence electrons. The van der Waals surface area contributed by atoms with Crippen molar-refractivity contribution >= 4 is 32.2 Å². The van der Waals surface area contributed by atoms with Crippen LogP contribution in [0.4, 0.5) is 0 Å². The van der Waals surface area contributed by atoms with E-state index in [9.17, 15) is 0 Å². The molecule has 0 radical (unpaired) electrons. The zero-order valence-electron chi connectivity index (χ0n) is 4.93. The minimum atomic E-state index is 0.973. The van der Waals surface area contributed by atoms with E-state index in [0.29, 0.717) is 0 Å². The van der Waals surface area contributed by atoms with Crippen LogP contribution < -0.4 is 0 Å². The van der Waals surface area contributed by atoms with Crippen LogP contribution >= 0.6 is 22.6 Å². The van der Waals surface area contributed by atoms with Gasteiger partial charge in [-0.25, -0.2) is 9.98 Å². The second kappa shape index (κ2) is 2.94. The molecule has 0 unspecified atom stereocenters. The zero-order valence-corrected chi connectivity index (χ0v) is 7.08. The molecule has 9 heavy (non-hydrogen) atoms.